The summed E-state index contributed by atoms with van der Waals surface area (Å²) in [5, 5.41) is 17.9. The Labute approximate surface area is 138 Å². The minimum Gasteiger partial charge on any atom is -0.393 e. The second-order valence-corrected chi connectivity index (χ2v) is 6.65. The van der Waals surface area contributed by atoms with Crippen molar-refractivity contribution in [3.8, 4) is 0 Å². The van der Waals surface area contributed by atoms with Crippen LogP contribution in [0, 0.1) is 5.82 Å². The number of hydrogen-bond acceptors (Lipinski definition) is 4. The van der Waals surface area contributed by atoms with Gasteiger partial charge in [-0.25, -0.2) is 9.07 Å². The second kappa shape index (κ2) is 5.98. The normalized spacial score (nSPS) is 25.9. The topological polar surface area (TPSA) is 71.2 Å². The second-order valence-electron chi connectivity index (χ2n) is 6.65. The summed E-state index contributed by atoms with van der Waals surface area (Å²) >= 11 is 0. The average Bonchev–Trinajstić information content (AvgIpc) is 3.12. The molecule has 2 aromatic rings. The van der Waals surface area contributed by atoms with E-state index in [-0.39, 0.29) is 29.9 Å². The molecule has 3 heterocycles. The Morgan fingerprint density at radius 3 is 2.54 bits per heavy atom. The Kier molecular flexibility index (Phi) is 3.80. The molecule has 2 aliphatic rings. The number of halogens is 1. The summed E-state index contributed by atoms with van der Waals surface area (Å²) in [5.41, 5.74) is 1.21. The molecule has 0 spiro atoms. The number of amides is 1. The fourth-order valence-corrected chi connectivity index (χ4v) is 3.86. The highest BCUT2D eigenvalue weighted by atomic mass is 19.1. The van der Waals surface area contributed by atoms with E-state index in [4.69, 9.17) is 0 Å². The van der Waals surface area contributed by atoms with Crippen molar-refractivity contribution in [2.45, 2.75) is 50.4 Å². The van der Waals surface area contributed by atoms with Crippen LogP contribution >= 0.6 is 0 Å². The van der Waals surface area contributed by atoms with Crippen molar-refractivity contribution < 1.29 is 14.3 Å². The van der Waals surface area contributed by atoms with Gasteiger partial charge in [0.1, 0.15) is 5.82 Å². The van der Waals surface area contributed by atoms with E-state index in [1.165, 1.54) is 12.1 Å². The Morgan fingerprint density at radius 2 is 1.88 bits per heavy atom. The van der Waals surface area contributed by atoms with Crippen molar-refractivity contribution >= 4 is 5.91 Å². The molecule has 2 saturated heterocycles. The molecule has 2 bridgehead atoms. The Morgan fingerprint density at radius 1 is 1.21 bits per heavy atom. The van der Waals surface area contributed by atoms with Gasteiger partial charge in [-0.3, -0.25) is 4.79 Å². The molecular weight excluding hydrogens is 311 g/mol. The summed E-state index contributed by atoms with van der Waals surface area (Å²) in [5.74, 6) is -0.393. The zero-order valence-corrected chi connectivity index (χ0v) is 13.2. The third kappa shape index (κ3) is 2.80. The average molecular weight is 330 g/mol. The Bertz CT molecular complexity index is 731. The lowest BCUT2D eigenvalue weighted by Gasteiger charge is -2.36. The van der Waals surface area contributed by atoms with Crippen molar-refractivity contribution in [3.63, 3.8) is 0 Å². The number of rotatable bonds is 3. The van der Waals surface area contributed by atoms with Crippen LogP contribution in [0.1, 0.15) is 41.7 Å². The van der Waals surface area contributed by atoms with Crippen molar-refractivity contribution in [2.75, 3.05) is 0 Å². The molecule has 7 heteroatoms. The van der Waals surface area contributed by atoms with Crippen LogP contribution in [0.3, 0.4) is 0 Å². The van der Waals surface area contributed by atoms with Gasteiger partial charge in [0.25, 0.3) is 5.91 Å². The number of aliphatic hydroxyl groups is 1. The molecule has 3 atom stereocenters. The van der Waals surface area contributed by atoms with Crippen molar-refractivity contribution in [2.24, 2.45) is 0 Å². The molecule has 1 aromatic heterocycles. The summed E-state index contributed by atoms with van der Waals surface area (Å²) in [6.45, 7) is 0.437. The Hall–Kier alpha value is -2.28. The zero-order chi connectivity index (χ0) is 16.7. The summed E-state index contributed by atoms with van der Waals surface area (Å²) in [6.07, 6.45) is 4.50. The van der Waals surface area contributed by atoms with E-state index >= 15 is 0 Å². The minimum absolute atomic E-state index is 0.105. The zero-order valence-electron chi connectivity index (χ0n) is 13.2. The van der Waals surface area contributed by atoms with Gasteiger partial charge in [0.15, 0.2) is 5.69 Å². The first kappa shape index (κ1) is 15.3. The summed E-state index contributed by atoms with van der Waals surface area (Å²) in [6, 6.07) is 6.38. The highest BCUT2D eigenvalue weighted by molar-refractivity contribution is 5.92. The molecule has 1 unspecified atom stereocenters. The van der Waals surface area contributed by atoms with Crippen molar-refractivity contribution in [1.29, 1.82) is 0 Å². The largest absolute Gasteiger partial charge is 0.393 e. The van der Waals surface area contributed by atoms with Gasteiger partial charge in [0.2, 0.25) is 0 Å². The monoisotopic (exact) mass is 330 g/mol. The smallest absolute Gasteiger partial charge is 0.276 e. The maximum absolute atomic E-state index is 12.9. The van der Waals surface area contributed by atoms with Crippen LogP contribution in [-0.2, 0) is 6.54 Å². The highest BCUT2D eigenvalue weighted by Gasteiger charge is 2.43. The van der Waals surface area contributed by atoms with Gasteiger partial charge in [-0.15, -0.1) is 5.10 Å². The molecule has 0 saturated carbocycles. The standard InChI is InChI=1S/C17H19FN4O2/c18-12-3-1-11(2-4-12)9-21-10-16(19-20-21)17(24)22-13-5-6-14(22)8-15(23)7-13/h1-4,10,13-15,23H,5-9H2/t13-,14+,15?. The number of aromatic nitrogens is 3. The number of carbonyl (C=O) groups excluding carboxylic acids is 1. The first-order chi connectivity index (χ1) is 11.6. The Balaban J connectivity index is 1.48. The van der Waals surface area contributed by atoms with E-state index in [9.17, 15) is 14.3 Å². The first-order valence-electron chi connectivity index (χ1n) is 8.25. The summed E-state index contributed by atoms with van der Waals surface area (Å²) in [4.78, 5) is 14.6. The lowest BCUT2D eigenvalue weighted by molar-refractivity contribution is 0.0282. The molecule has 6 nitrogen and oxygen atoms in total. The van der Waals surface area contributed by atoms with Crippen LogP contribution in [0.4, 0.5) is 4.39 Å². The van der Waals surface area contributed by atoms with Gasteiger partial charge in [-0.05, 0) is 43.4 Å². The van der Waals surface area contributed by atoms with Gasteiger partial charge < -0.3 is 10.0 Å². The fraction of sp³-hybridized carbons (Fsp3) is 0.471. The van der Waals surface area contributed by atoms with E-state index < -0.39 is 0 Å². The quantitative estimate of drug-likeness (QED) is 0.928. The first-order valence-corrected chi connectivity index (χ1v) is 8.25. The van der Waals surface area contributed by atoms with Crippen molar-refractivity contribution in [1.82, 2.24) is 19.9 Å². The maximum Gasteiger partial charge on any atom is 0.276 e. The maximum atomic E-state index is 12.9. The number of benzene rings is 1. The molecule has 2 fully saturated rings. The van der Waals surface area contributed by atoms with E-state index in [1.54, 1.807) is 23.0 Å². The van der Waals surface area contributed by atoms with Gasteiger partial charge in [-0.2, -0.15) is 0 Å². The van der Waals surface area contributed by atoms with Crippen LogP contribution < -0.4 is 0 Å². The SMILES string of the molecule is O=C(c1cn(Cc2ccc(F)cc2)nn1)N1[C@@H]2CC[C@H]1CC(O)C2. The van der Waals surface area contributed by atoms with E-state index in [0.29, 0.717) is 25.1 Å². The lowest BCUT2D eigenvalue weighted by Crippen LogP contribution is -2.48. The van der Waals surface area contributed by atoms with Gasteiger partial charge in [0, 0.05) is 12.1 Å². The minimum atomic E-state index is -0.305. The molecule has 1 aromatic carbocycles. The third-order valence-corrected chi connectivity index (χ3v) is 4.96. The van der Waals surface area contributed by atoms with E-state index in [1.807, 2.05) is 4.90 Å². The van der Waals surface area contributed by atoms with Crippen LogP contribution in [0.25, 0.3) is 0 Å². The van der Waals surface area contributed by atoms with Gasteiger partial charge >= 0.3 is 0 Å². The molecular formula is C17H19FN4O2. The summed E-state index contributed by atoms with van der Waals surface area (Å²) in [7, 11) is 0. The molecule has 0 radical (unpaired) electrons. The van der Waals surface area contributed by atoms with Gasteiger partial charge in [0.05, 0.1) is 18.8 Å². The fourth-order valence-electron chi connectivity index (χ4n) is 3.86. The molecule has 2 aliphatic heterocycles. The van der Waals surface area contributed by atoms with Gasteiger partial charge in [-0.1, -0.05) is 17.3 Å². The highest BCUT2D eigenvalue weighted by Crippen LogP contribution is 2.36. The molecule has 1 N–H and O–H groups in total. The van der Waals surface area contributed by atoms with E-state index in [0.717, 1.165) is 18.4 Å². The predicted molar refractivity (Wildman–Crippen MR) is 83.7 cm³/mol. The number of hydrogen-bond donors (Lipinski definition) is 1. The number of aliphatic hydroxyl groups excluding tert-OH is 1. The molecule has 24 heavy (non-hydrogen) atoms. The summed E-state index contributed by atoms with van der Waals surface area (Å²) < 4.78 is 14.5. The molecule has 126 valence electrons. The molecule has 4 rings (SSSR count). The number of carbonyl (C=O) groups is 1. The molecule has 0 aliphatic carbocycles. The molecule has 1 amide bonds. The number of nitrogens with zero attached hydrogens (tertiary/aromatic N) is 4. The van der Waals surface area contributed by atoms with Crippen LogP contribution in [-0.4, -0.2) is 49.1 Å². The lowest BCUT2D eigenvalue weighted by atomic mass is 9.99. The third-order valence-electron chi connectivity index (χ3n) is 4.96. The predicted octanol–water partition coefficient (Wildman–Crippen LogP) is 1.59. The van der Waals surface area contributed by atoms with Crippen LogP contribution in [0.15, 0.2) is 30.5 Å². The van der Waals surface area contributed by atoms with Crippen LogP contribution in [0.5, 0.6) is 0 Å². The van der Waals surface area contributed by atoms with Crippen molar-refractivity contribution in [3.05, 3.63) is 47.5 Å². The number of piperidine rings is 1. The number of fused-ring (bicyclic) bond motifs is 2. The van der Waals surface area contributed by atoms with E-state index in [2.05, 4.69) is 10.3 Å². The van der Waals surface area contributed by atoms with Crippen LogP contribution in [0.2, 0.25) is 0 Å².